The van der Waals surface area contributed by atoms with Crippen molar-refractivity contribution in [1.29, 1.82) is 5.26 Å². The number of carbonyl (C=O) groups excluding carboxylic acids is 1. The van der Waals surface area contributed by atoms with Crippen molar-refractivity contribution in [3.63, 3.8) is 0 Å². The Hall–Kier alpha value is -1.82. The summed E-state index contributed by atoms with van der Waals surface area (Å²) in [4.78, 5) is 10.9. The molecule has 0 radical (unpaired) electrons. The zero-order valence-corrected chi connectivity index (χ0v) is 7.56. The first-order valence-corrected chi connectivity index (χ1v) is 4.49. The van der Waals surface area contributed by atoms with E-state index in [1.54, 1.807) is 12.1 Å². The van der Waals surface area contributed by atoms with Crippen LogP contribution in [0, 0.1) is 11.3 Å². The third-order valence-corrected chi connectivity index (χ3v) is 2.30. The zero-order chi connectivity index (χ0) is 9.97. The first-order chi connectivity index (χ1) is 6.79. The molecule has 1 aromatic rings. The van der Waals surface area contributed by atoms with E-state index in [1.165, 1.54) is 0 Å². The van der Waals surface area contributed by atoms with E-state index in [0.717, 1.165) is 12.0 Å². The molecule has 14 heavy (non-hydrogen) atoms. The van der Waals surface area contributed by atoms with Crippen LogP contribution in [0.4, 0.5) is 0 Å². The van der Waals surface area contributed by atoms with Crippen LogP contribution in [-0.2, 0) is 9.53 Å². The van der Waals surface area contributed by atoms with Crippen molar-refractivity contribution in [2.24, 2.45) is 0 Å². The Morgan fingerprint density at radius 2 is 2.07 bits per heavy atom. The molecule has 1 atom stereocenters. The summed E-state index contributed by atoms with van der Waals surface area (Å²) < 4.78 is 5.10. The summed E-state index contributed by atoms with van der Waals surface area (Å²) in [6.45, 7) is 0. The van der Waals surface area contributed by atoms with Gasteiger partial charge in [-0.05, 0) is 24.1 Å². The van der Waals surface area contributed by atoms with Gasteiger partial charge in [-0.2, -0.15) is 5.26 Å². The van der Waals surface area contributed by atoms with Crippen LogP contribution in [0.5, 0.6) is 0 Å². The van der Waals surface area contributed by atoms with Crippen molar-refractivity contribution in [3.05, 3.63) is 35.4 Å². The number of ether oxygens (including phenoxy) is 1. The highest BCUT2D eigenvalue weighted by molar-refractivity contribution is 5.71. The Balaban J connectivity index is 2.18. The molecular formula is C11H9NO2. The van der Waals surface area contributed by atoms with E-state index in [1.807, 2.05) is 18.2 Å². The van der Waals surface area contributed by atoms with Crippen molar-refractivity contribution in [1.82, 2.24) is 0 Å². The van der Waals surface area contributed by atoms with E-state index >= 15 is 0 Å². The van der Waals surface area contributed by atoms with Crippen molar-refractivity contribution < 1.29 is 9.53 Å². The summed E-state index contributed by atoms with van der Waals surface area (Å²) in [5, 5.41) is 8.60. The molecule has 1 fully saturated rings. The quantitative estimate of drug-likeness (QED) is 0.631. The fraction of sp³-hybridized carbons (Fsp3) is 0.273. The highest BCUT2D eigenvalue weighted by atomic mass is 16.5. The lowest BCUT2D eigenvalue weighted by atomic mass is 10.1. The molecule has 3 nitrogen and oxygen atoms in total. The average Bonchev–Trinajstić information content (AvgIpc) is 2.65. The second-order valence-corrected chi connectivity index (χ2v) is 3.25. The zero-order valence-electron chi connectivity index (χ0n) is 7.56. The summed E-state index contributed by atoms with van der Waals surface area (Å²) in [7, 11) is 0. The first-order valence-electron chi connectivity index (χ1n) is 4.49. The third kappa shape index (κ3) is 1.60. The van der Waals surface area contributed by atoms with Gasteiger partial charge in [-0.1, -0.05) is 12.1 Å². The van der Waals surface area contributed by atoms with Crippen LogP contribution in [0.2, 0.25) is 0 Å². The van der Waals surface area contributed by atoms with Crippen molar-refractivity contribution in [2.75, 3.05) is 0 Å². The largest absolute Gasteiger partial charge is 0.457 e. The van der Waals surface area contributed by atoms with E-state index in [4.69, 9.17) is 10.00 Å². The fourth-order valence-electron chi connectivity index (χ4n) is 1.53. The molecule has 0 aromatic heterocycles. The lowest BCUT2D eigenvalue weighted by molar-refractivity contribution is -0.141. The van der Waals surface area contributed by atoms with Crippen molar-refractivity contribution in [2.45, 2.75) is 18.9 Å². The minimum Gasteiger partial charge on any atom is -0.457 e. The Labute approximate surface area is 81.9 Å². The number of carbonyl (C=O) groups is 1. The molecule has 1 saturated heterocycles. The maximum absolute atomic E-state index is 10.9. The van der Waals surface area contributed by atoms with Crippen LogP contribution in [0.25, 0.3) is 0 Å². The number of cyclic esters (lactones) is 1. The molecule has 3 heteroatoms. The summed E-state index contributed by atoms with van der Waals surface area (Å²) in [5.41, 5.74) is 1.59. The Morgan fingerprint density at radius 1 is 1.36 bits per heavy atom. The minimum atomic E-state index is -0.139. The fourth-order valence-corrected chi connectivity index (χ4v) is 1.53. The standard InChI is InChI=1S/C11H9NO2/c12-7-8-1-3-9(4-2-8)10-5-6-11(13)14-10/h1-4,10H,5-6H2/t10-/m0/s1. The topological polar surface area (TPSA) is 50.1 Å². The number of benzene rings is 1. The number of esters is 1. The lowest BCUT2D eigenvalue weighted by Crippen LogP contribution is -1.98. The number of nitrogens with zero attached hydrogens (tertiary/aromatic N) is 1. The number of hydrogen-bond donors (Lipinski definition) is 0. The number of hydrogen-bond acceptors (Lipinski definition) is 3. The molecule has 0 aliphatic carbocycles. The second kappa shape index (κ2) is 3.51. The molecule has 0 amide bonds. The van der Waals surface area contributed by atoms with Crippen LogP contribution < -0.4 is 0 Å². The summed E-state index contributed by atoms with van der Waals surface area (Å²) in [6, 6.07) is 9.19. The molecular weight excluding hydrogens is 178 g/mol. The van der Waals surface area contributed by atoms with Crippen LogP contribution in [0.1, 0.15) is 30.1 Å². The Kier molecular flexibility index (Phi) is 2.19. The highest BCUT2D eigenvalue weighted by Gasteiger charge is 2.24. The average molecular weight is 187 g/mol. The van der Waals surface area contributed by atoms with E-state index in [0.29, 0.717) is 12.0 Å². The summed E-state index contributed by atoms with van der Waals surface area (Å²) >= 11 is 0. The highest BCUT2D eigenvalue weighted by Crippen LogP contribution is 2.29. The minimum absolute atomic E-state index is 0.116. The van der Waals surface area contributed by atoms with Gasteiger partial charge in [0.25, 0.3) is 0 Å². The molecule has 0 saturated carbocycles. The monoisotopic (exact) mass is 187 g/mol. The molecule has 2 rings (SSSR count). The van der Waals surface area contributed by atoms with Gasteiger partial charge in [-0.25, -0.2) is 0 Å². The van der Waals surface area contributed by atoms with E-state index < -0.39 is 0 Å². The van der Waals surface area contributed by atoms with Gasteiger partial charge >= 0.3 is 5.97 Å². The lowest BCUT2D eigenvalue weighted by Gasteiger charge is -2.08. The third-order valence-electron chi connectivity index (χ3n) is 2.30. The second-order valence-electron chi connectivity index (χ2n) is 3.25. The normalized spacial score (nSPS) is 20.2. The molecule has 70 valence electrons. The van der Waals surface area contributed by atoms with Gasteiger partial charge in [0.05, 0.1) is 11.6 Å². The maximum Gasteiger partial charge on any atom is 0.306 e. The molecule has 1 aliphatic heterocycles. The predicted molar refractivity (Wildman–Crippen MR) is 49.2 cm³/mol. The summed E-state index contributed by atoms with van der Waals surface area (Å²) in [6.07, 6.45) is 1.12. The van der Waals surface area contributed by atoms with Gasteiger partial charge in [0.1, 0.15) is 6.10 Å². The van der Waals surface area contributed by atoms with Crippen LogP contribution in [0.3, 0.4) is 0 Å². The maximum atomic E-state index is 10.9. The molecule has 0 N–H and O–H groups in total. The molecule has 0 spiro atoms. The van der Waals surface area contributed by atoms with Crippen molar-refractivity contribution in [3.8, 4) is 6.07 Å². The Bertz CT molecular complexity index is 389. The predicted octanol–water partition coefficient (Wildman–Crippen LogP) is 1.94. The number of rotatable bonds is 1. The van der Waals surface area contributed by atoms with Gasteiger partial charge < -0.3 is 4.74 Å². The first kappa shape index (κ1) is 8.76. The van der Waals surface area contributed by atoms with Gasteiger partial charge in [-0.15, -0.1) is 0 Å². The molecule has 1 aromatic carbocycles. The SMILES string of the molecule is N#Cc1ccc([C@@H]2CCC(=O)O2)cc1. The van der Waals surface area contributed by atoms with Crippen LogP contribution in [-0.4, -0.2) is 5.97 Å². The molecule has 0 unspecified atom stereocenters. The smallest absolute Gasteiger partial charge is 0.306 e. The van der Waals surface area contributed by atoms with Gasteiger partial charge in [0.15, 0.2) is 0 Å². The molecule has 1 aliphatic rings. The van der Waals surface area contributed by atoms with E-state index in [-0.39, 0.29) is 12.1 Å². The summed E-state index contributed by atoms with van der Waals surface area (Å²) in [5.74, 6) is -0.139. The molecule has 0 bridgehead atoms. The van der Waals surface area contributed by atoms with Crippen LogP contribution >= 0.6 is 0 Å². The van der Waals surface area contributed by atoms with Crippen molar-refractivity contribution >= 4 is 5.97 Å². The van der Waals surface area contributed by atoms with Gasteiger partial charge in [0.2, 0.25) is 0 Å². The van der Waals surface area contributed by atoms with Gasteiger partial charge in [0, 0.05) is 6.42 Å². The van der Waals surface area contributed by atoms with E-state index in [9.17, 15) is 4.79 Å². The van der Waals surface area contributed by atoms with E-state index in [2.05, 4.69) is 0 Å². The van der Waals surface area contributed by atoms with Crippen LogP contribution in [0.15, 0.2) is 24.3 Å². The number of nitriles is 1. The molecule has 1 heterocycles. The Morgan fingerprint density at radius 3 is 2.57 bits per heavy atom. The van der Waals surface area contributed by atoms with Gasteiger partial charge in [-0.3, -0.25) is 4.79 Å².